The standard InChI is InChI=1S/C29H49N3O5/c1-8-10-12-14-18-32(27(35)24(20-33)31-28(36)37-29(5,6)7)25(26(34)30-17-13-11-9-2)23-16-15-21(3)19-22(23)4/h15-16,19,24-25,33H,8-14,17-18,20H2,1-7H3,(H,30,34)(H,31,36). The first-order chi connectivity index (χ1) is 17.4. The summed E-state index contributed by atoms with van der Waals surface area (Å²) in [7, 11) is 0. The fourth-order valence-electron chi connectivity index (χ4n) is 4.18. The van der Waals surface area contributed by atoms with Crippen LogP contribution in [-0.4, -0.2) is 59.3 Å². The molecule has 8 heteroatoms. The third-order valence-electron chi connectivity index (χ3n) is 6.07. The topological polar surface area (TPSA) is 108 Å². The van der Waals surface area contributed by atoms with E-state index in [2.05, 4.69) is 24.5 Å². The summed E-state index contributed by atoms with van der Waals surface area (Å²) in [6.07, 6.45) is 5.75. The van der Waals surface area contributed by atoms with Crippen LogP contribution in [0.1, 0.15) is 102 Å². The Morgan fingerprint density at radius 2 is 1.65 bits per heavy atom. The van der Waals surface area contributed by atoms with Crippen LogP contribution in [0.5, 0.6) is 0 Å². The van der Waals surface area contributed by atoms with Crippen LogP contribution < -0.4 is 10.6 Å². The zero-order valence-electron chi connectivity index (χ0n) is 24.0. The summed E-state index contributed by atoms with van der Waals surface area (Å²) < 4.78 is 5.30. The van der Waals surface area contributed by atoms with Crippen molar-refractivity contribution in [1.29, 1.82) is 0 Å². The molecule has 1 aromatic carbocycles. The lowest BCUT2D eigenvalue weighted by Crippen LogP contribution is -2.54. The van der Waals surface area contributed by atoms with Crippen LogP contribution in [0, 0.1) is 13.8 Å². The number of carbonyl (C=O) groups excluding carboxylic acids is 3. The second-order valence-electron chi connectivity index (χ2n) is 10.7. The van der Waals surface area contributed by atoms with Crippen molar-refractivity contribution < 1.29 is 24.2 Å². The van der Waals surface area contributed by atoms with Gasteiger partial charge in [-0.2, -0.15) is 0 Å². The van der Waals surface area contributed by atoms with E-state index in [0.29, 0.717) is 19.5 Å². The number of hydrogen-bond acceptors (Lipinski definition) is 5. The largest absolute Gasteiger partial charge is 0.444 e. The molecule has 0 saturated heterocycles. The number of hydrogen-bond donors (Lipinski definition) is 3. The number of nitrogens with one attached hydrogen (secondary N) is 2. The quantitative estimate of drug-likeness (QED) is 0.284. The van der Waals surface area contributed by atoms with Crippen molar-refractivity contribution in [1.82, 2.24) is 15.5 Å². The summed E-state index contributed by atoms with van der Waals surface area (Å²) >= 11 is 0. The van der Waals surface area contributed by atoms with Gasteiger partial charge in [0.25, 0.3) is 0 Å². The molecule has 0 aromatic heterocycles. The normalized spacial score (nSPS) is 13.0. The summed E-state index contributed by atoms with van der Waals surface area (Å²) in [5.74, 6) is -0.778. The van der Waals surface area contributed by atoms with E-state index in [1.807, 2.05) is 32.0 Å². The minimum atomic E-state index is -1.23. The molecular formula is C29H49N3O5. The molecule has 0 aliphatic rings. The number of ether oxygens (including phenoxy) is 1. The molecule has 37 heavy (non-hydrogen) atoms. The summed E-state index contributed by atoms with van der Waals surface area (Å²) in [6.45, 7) is 13.5. The highest BCUT2D eigenvalue weighted by Crippen LogP contribution is 2.27. The molecule has 0 heterocycles. The van der Waals surface area contributed by atoms with Crippen molar-refractivity contribution in [2.45, 2.75) is 111 Å². The lowest BCUT2D eigenvalue weighted by atomic mass is 9.96. The Balaban J connectivity index is 3.39. The van der Waals surface area contributed by atoms with Crippen molar-refractivity contribution in [2.75, 3.05) is 19.7 Å². The van der Waals surface area contributed by atoms with E-state index < -0.39 is 36.3 Å². The Kier molecular flexibility index (Phi) is 14.3. The van der Waals surface area contributed by atoms with Crippen LogP contribution in [0.3, 0.4) is 0 Å². The van der Waals surface area contributed by atoms with Gasteiger partial charge in [0.2, 0.25) is 11.8 Å². The van der Waals surface area contributed by atoms with E-state index in [-0.39, 0.29) is 5.91 Å². The predicted molar refractivity (Wildman–Crippen MR) is 147 cm³/mol. The second-order valence-corrected chi connectivity index (χ2v) is 10.7. The molecule has 2 unspecified atom stereocenters. The Bertz CT molecular complexity index is 866. The van der Waals surface area contributed by atoms with Gasteiger partial charge in [-0.3, -0.25) is 9.59 Å². The average Bonchev–Trinajstić information content (AvgIpc) is 2.81. The number of aliphatic hydroxyl groups is 1. The summed E-state index contributed by atoms with van der Waals surface area (Å²) in [5.41, 5.74) is 1.94. The van der Waals surface area contributed by atoms with Gasteiger partial charge < -0.3 is 25.4 Å². The number of carbonyl (C=O) groups is 3. The fraction of sp³-hybridized carbons (Fsp3) is 0.690. The van der Waals surface area contributed by atoms with E-state index in [9.17, 15) is 19.5 Å². The SMILES string of the molecule is CCCCCCN(C(=O)C(CO)NC(=O)OC(C)(C)C)C(C(=O)NCCCCC)c1ccc(C)cc1C. The molecule has 8 nitrogen and oxygen atoms in total. The minimum absolute atomic E-state index is 0.263. The molecule has 0 spiro atoms. The van der Waals surface area contributed by atoms with Crippen LogP contribution in [0.4, 0.5) is 4.79 Å². The molecule has 0 fully saturated rings. The first kappa shape index (κ1) is 32.4. The molecule has 210 valence electrons. The summed E-state index contributed by atoms with van der Waals surface area (Å²) in [6, 6.07) is 3.70. The Morgan fingerprint density at radius 1 is 1.00 bits per heavy atom. The monoisotopic (exact) mass is 519 g/mol. The summed E-state index contributed by atoms with van der Waals surface area (Å²) in [5, 5.41) is 15.6. The van der Waals surface area contributed by atoms with Gasteiger partial charge in [0.1, 0.15) is 17.7 Å². The van der Waals surface area contributed by atoms with Gasteiger partial charge in [0.05, 0.1) is 6.61 Å². The molecule has 1 rings (SSSR count). The summed E-state index contributed by atoms with van der Waals surface area (Å²) in [4.78, 5) is 41.4. The first-order valence-electron chi connectivity index (χ1n) is 13.7. The Morgan fingerprint density at radius 3 is 2.22 bits per heavy atom. The molecule has 2 atom stereocenters. The van der Waals surface area contributed by atoms with Gasteiger partial charge in [-0.15, -0.1) is 0 Å². The highest BCUT2D eigenvalue weighted by molar-refractivity contribution is 5.92. The third kappa shape index (κ3) is 11.5. The minimum Gasteiger partial charge on any atom is -0.444 e. The van der Waals surface area contributed by atoms with E-state index in [1.165, 1.54) is 4.90 Å². The molecule has 0 bridgehead atoms. The number of nitrogens with zero attached hydrogens (tertiary/aromatic N) is 1. The van der Waals surface area contributed by atoms with Crippen LogP contribution >= 0.6 is 0 Å². The van der Waals surface area contributed by atoms with Gasteiger partial charge in [-0.25, -0.2) is 4.79 Å². The number of unbranched alkanes of at least 4 members (excludes halogenated alkanes) is 5. The molecule has 0 aliphatic heterocycles. The van der Waals surface area contributed by atoms with Crippen molar-refractivity contribution in [2.24, 2.45) is 0 Å². The van der Waals surface area contributed by atoms with Crippen molar-refractivity contribution in [3.05, 3.63) is 34.9 Å². The van der Waals surface area contributed by atoms with Crippen molar-refractivity contribution in [3.8, 4) is 0 Å². The van der Waals surface area contributed by atoms with E-state index in [4.69, 9.17) is 4.74 Å². The second kappa shape index (κ2) is 16.3. The third-order valence-corrected chi connectivity index (χ3v) is 6.07. The van der Waals surface area contributed by atoms with Crippen LogP contribution in [0.15, 0.2) is 18.2 Å². The fourth-order valence-corrected chi connectivity index (χ4v) is 4.18. The van der Waals surface area contributed by atoms with Crippen molar-refractivity contribution in [3.63, 3.8) is 0 Å². The van der Waals surface area contributed by atoms with E-state index >= 15 is 0 Å². The maximum absolute atomic E-state index is 13.8. The van der Waals surface area contributed by atoms with Crippen molar-refractivity contribution >= 4 is 17.9 Å². The zero-order valence-corrected chi connectivity index (χ0v) is 24.0. The molecule has 1 aromatic rings. The number of rotatable bonds is 15. The van der Waals surface area contributed by atoms with Gasteiger partial charge in [0, 0.05) is 13.1 Å². The first-order valence-corrected chi connectivity index (χ1v) is 13.7. The number of benzene rings is 1. The van der Waals surface area contributed by atoms with E-state index in [1.54, 1.807) is 20.8 Å². The van der Waals surface area contributed by atoms with Crippen LogP contribution in [0.25, 0.3) is 0 Å². The maximum Gasteiger partial charge on any atom is 0.408 e. The molecule has 0 radical (unpaired) electrons. The predicted octanol–water partition coefficient (Wildman–Crippen LogP) is 4.95. The smallest absolute Gasteiger partial charge is 0.408 e. The maximum atomic E-state index is 13.8. The Labute approximate surface area is 223 Å². The number of alkyl carbamates (subject to hydrolysis) is 1. The van der Waals surface area contributed by atoms with Crippen LogP contribution in [-0.2, 0) is 14.3 Å². The van der Waals surface area contributed by atoms with Gasteiger partial charge >= 0.3 is 6.09 Å². The van der Waals surface area contributed by atoms with Gasteiger partial charge in [-0.05, 0) is 58.6 Å². The molecule has 0 saturated carbocycles. The number of amides is 3. The number of aliphatic hydroxyl groups excluding tert-OH is 1. The highest BCUT2D eigenvalue weighted by Gasteiger charge is 2.36. The number of aryl methyl sites for hydroxylation is 2. The molecule has 3 amide bonds. The van der Waals surface area contributed by atoms with Crippen LogP contribution in [0.2, 0.25) is 0 Å². The van der Waals surface area contributed by atoms with Gasteiger partial charge in [0.15, 0.2) is 0 Å². The highest BCUT2D eigenvalue weighted by atomic mass is 16.6. The lowest BCUT2D eigenvalue weighted by molar-refractivity contribution is -0.143. The molecule has 0 aliphatic carbocycles. The van der Waals surface area contributed by atoms with E-state index in [0.717, 1.165) is 55.2 Å². The zero-order chi connectivity index (χ0) is 28.0. The van der Waals surface area contributed by atoms with Gasteiger partial charge in [-0.1, -0.05) is 69.7 Å². The molecular weight excluding hydrogens is 470 g/mol. The molecule has 3 N–H and O–H groups in total. The Hall–Kier alpha value is -2.61. The average molecular weight is 520 g/mol. The lowest BCUT2D eigenvalue weighted by Gasteiger charge is -2.35.